The maximum absolute atomic E-state index is 12.7. The zero-order valence-electron chi connectivity index (χ0n) is 12.4. The molecule has 114 valence electrons. The number of likely N-dealkylation sites (tertiary alicyclic amines) is 1. The standard InChI is InChI=1S/C15H26N2O3/c1-2-20-15(19)13-9-5-7-11-17(13)14(18)12-8-4-3-6-10-16-12/h12-13,16H,2-11H2,1H3. The number of piperidine rings is 1. The van der Waals surface area contributed by atoms with Gasteiger partial charge in [-0.2, -0.15) is 0 Å². The molecule has 2 atom stereocenters. The predicted octanol–water partition coefficient (Wildman–Crippen LogP) is 1.46. The van der Waals surface area contributed by atoms with Crippen LogP contribution < -0.4 is 5.32 Å². The summed E-state index contributed by atoms with van der Waals surface area (Å²) in [5, 5.41) is 3.33. The lowest BCUT2D eigenvalue weighted by atomic mass is 10.00. The van der Waals surface area contributed by atoms with Crippen molar-refractivity contribution in [2.24, 2.45) is 0 Å². The third kappa shape index (κ3) is 3.72. The maximum atomic E-state index is 12.7. The van der Waals surface area contributed by atoms with E-state index in [1.54, 1.807) is 11.8 Å². The van der Waals surface area contributed by atoms with Crippen molar-refractivity contribution in [2.75, 3.05) is 19.7 Å². The van der Waals surface area contributed by atoms with E-state index in [0.717, 1.165) is 45.1 Å². The number of rotatable bonds is 3. The van der Waals surface area contributed by atoms with E-state index in [-0.39, 0.29) is 24.0 Å². The van der Waals surface area contributed by atoms with Gasteiger partial charge in [-0.3, -0.25) is 4.79 Å². The summed E-state index contributed by atoms with van der Waals surface area (Å²) >= 11 is 0. The van der Waals surface area contributed by atoms with Crippen LogP contribution in [0.4, 0.5) is 0 Å². The first-order chi connectivity index (χ1) is 9.74. The molecule has 1 N–H and O–H groups in total. The Morgan fingerprint density at radius 3 is 2.75 bits per heavy atom. The molecule has 20 heavy (non-hydrogen) atoms. The summed E-state index contributed by atoms with van der Waals surface area (Å²) < 4.78 is 5.12. The molecule has 0 aliphatic carbocycles. The fourth-order valence-corrected chi connectivity index (χ4v) is 3.12. The molecule has 0 aromatic carbocycles. The number of nitrogens with zero attached hydrogens (tertiary/aromatic N) is 1. The molecule has 1 amide bonds. The Morgan fingerprint density at radius 2 is 1.95 bits per heavy atom. The SMILES string of the molecule is CCOC(=O)C1CCCCN1C(=O)C1CCCCCN1. The van der Waals surface area contributed by atoms with Crippen molar-refractivity contribution in [3.8, 4) is 0 Å². The zero-order valence-corrected chi connectivity index (χ0v) is 12.4. The first-order valence-electron chi connectivity index (χ1n) is 7.94. The van der Waals surface area contributed by atoms with Crippen LogP contribution in [-0.4, -0.2) is 48.6 Å². The highest BCUT2D eigenvalue weighted by Gasteiger charge is 2.36. The van der Waals surface area contributed by atoms with Crippen molar-refractivity contribution in [2.45, 2.75) is 64.0 Å². The summed E-state index contributed by atoms with van der Waals surface area (Å²) in [6, 6.07) is -0.492. The second kappa shape index (κ2) is 7.62. The van der Waals surface area contributed by atoms with E-state index in [2.05, 4.69) is 5.32 Å². The van der Waals surface area contributed by atoms with Crippen LogP contribution >= 0.6 is 0 Å². The number of esters is 1. The average molecular weight is 282 g/mol. The van der Waals surface area contributed by atoms with E-state index >= 15 is 0 Å². The minimum atomic E-state index is -0.374. The average Bonchev–Trinajstić information content (AvgIpc) is 2.76. The number of ether oxygens (including phenoxy) is 1. The predicted molar refractivity (Wildman–Crippen MR) is 76.2 cm³/mol. The zero-order chi connectivity index (χ0) is 14.4. The second-order valence-corrected chi connectivity index (χ2v) is 5.65. The first kappa shape index (κ1) is 15.3. The van der Waals surface area contributed by atoms with Crippen molar-refractivity contribution in [3.63, 3.8) is 0 Å². The Balaban J connectivity index is 2.02. The molecular formula is C15H26N2O3. The summed E-state index contributed by atoms with van der Waals surface area (Å²) in [5.41, 5.74) is 0. The van der Waals surface area contributed by atoms with E-state index in [1.165, 1.54) is 6.42 Å². The van der Waals surface area contributed by atoms with E-state index in [0.29, 0.717) is 13.2 Å². The van der Waals surface area contributed by atoms with Gasteiger partial charge < -0.3 is 15.0 Å². The Morgan fingerprint density at radius 1 is 1.15 bits per heavy atom. The van der Waals surface area contributed by atoms with Gasteiger partial charge in [-0.25, -0.2) is 4.79 Å². The summed E-state index contributed by atoms with van der Waals surface area (Å²) in [5.74, 6) is -0.154. The molecule has 2 aliphatic rings. The summed E-state index contributed by atoms with van der Waals surface area (Å²) in [4.78, 5) is 26.5. The molecule has 2 rings (SSSR count). The van der Waals surface area contributed by atoms with E-state index in [1.807, 2.05) is 0 Å². The maximum Gasteiger partial charge on any atom is 0.328 e. The van der Waals surface area contributed by atoms with Crippen LogP contribution in [0.5, 0.6) is 0 Å². The lowest BCUT2D eigenvalue weighted by Crippen LogP contribution is -2.54. The normalized spacial score (nSPS) is 27.8. The van der Waals surface area contributed by atoms with Gasteiger partial charge in [0.2, 0.25) is 5.91 Å². The number of hydrogen-bond donors (Lipinski definition) is 1. The number of carbonyl (C=O) groups is 2. The monoisotopic (exact) mass is 282 g/mol. The van der Waals surface area contributed by atoms with Crippen LogP contribution in [-0.2, 0) is 14.3 Å². The highest BCUT2D eigenvalue weighted by atomic mass is 16.5. The molecule has 0 saturated carbocycles. The van der Waals surface area contributed by atoms with Gasteiger partial charge in [-0.15, -0.1) is 0 Å². The Hall–Kier alpha value is -1.10. The van der Waals surface area contributed by atoms with Crippen molar-refractivity contribution < 1.29 is 14.3 Å². The van der Waals surface area contributed by atoms with Gasteiger partial charge in [0.05, 0.1) is 12.6 Å². The Labute approximate surface area is 121 Å². The molecule has 5 heteroatoms. The van der Waals surface area contributed by atoms with Crippen LogP contribution in [0.1, 0.15) is 51.9 Å². The van der Waals surface area contributed by atoms with E-state index in [4.69, 9.17) is 4.74 Å². The molecule has 0 spiro atoms. The molecular weight excluding hydrogens is 256 g/mol. The molecule has 5 nitrogen and oxygen atoms in total. The Bertz CT molecular complexity index is 338. The molecule has 2 heterocycles. The van der Waals surface area contributed by atoms with Crippen LogP contribution in [0.3, 0.4) is 0 Å². The van der Waals surface area contributed by atoms with Crippen LogP contribution in [0.15, 0.2) is 0 Å². The highest BCUT2D eigenvalue weighted by Crippen LogP contribution is 2.21. The quantitative estimate of drug-likeness (QED) is 0.796. The minimum absolute atomic E-state index is 0.0876. The van der Waals surface area contributed by atoms with Gasteiger partial charge >= 0.3 is 5.97 Å². The van der Waals surface area contributed by atoms with Gasteiger partial charge in [0.1, 0.15) is 6.04 Å². The summed E-state index contributed by atoms with van der Waals surface area (Å²) in [6.07, 6.45) is 6.98. The van der Waals surface area contributed by atoms with Gasteiger partial charge in [0.25, 0.3) is 0 Å². The number of carbonyl (C=O) groups excluding carboxylic acids is 2. The smallest absolute Gasteiger partial charge is 0.328 e. The van der Waals surface area contributed by atoms with Gasteiger partial charge in [-0.1, -0.05) is 12.8 Å². The van der Waals surface area contributed by atoms with Crippen molar-refractivity contribution >= 4 is 11.9 Å². The largest absolute Gasteiger partial charge is 0.464 e. The number of amides is 1. The van der Waals surface area contributed by atoms with Crippen molar-refractivity contribution in [1.82, 2.24) is 10.2 Å². The molecule has 0 aromatic heterocycles. The van der Waals surface area contributed by atoms with Gasteiger partial charge in [0.15, 0.2) is 0 Å². The first-order valence-corrected chi connectivity index (χ1v) is 7.94. The third-order valence-electron chi connectivity index (χ3n) is 4.20. The second-order valence-electron chi connectivity index (χ2n) is 5.65. The number of nitrogens with one attached hydrogen (secondary N) is 1. The molecule has 0 radical (unpaired) electrons. The van der Waals surface area contributed by atoms with Crippen LogP contribution in [0, 0.1) is 0 Å². The molecule has 2 fully saturated rings. The lowest BCUT2D eigenvalue weighted by molar-refractivity contribution is -0.157. The fraction of sp³-hybridized carbons (Fsp3) is 0.867. The van der Waals surface area contributed by atoms with Crippen molar-refractivity contribution in [3.05, 3.63) is 0 Å². The fourth-order valence-electron chi connectivity index (χ4n) is 3.12. The van der Waals surface area contributed by atoms with Crippen LogP contribution in [0.2, 0.25) is 0 Å². The topological polar surface area (TPSA) is 58.6 Å². The Kier molecular flexibility index (Phi) is 5.83. The lowest BCUT2D eigenvalue weighted by Gasteiger charge is -2.36. The molecule has 2 unspecified atom stereocenters. The van der Waals surface area contributed by atoms with E-state index in [9.17, 15) is 9.59 Å². The minimum Gasteiger partial charge on any atom is -0.464 e. The number of hydrogen-bond acceptors (Lipinski definition) is 4. The van der Waals surface area contributed by atoms with Crippen molar-refractivity contribution in [1.29, 1.82) is 0 Å². The molecule has 0 bridgehead atoms. The van der Waals surface area contributed by atoms with Gasteiger partial charge in [0, 0.05) is 6.54 Å². The third-order valence-corrected chi connectivity index (χ3v) is 4.20. The van der Waals surface area contributed by atoms with Gasteiger partial charge in [-0.05, 0) is 45.6 Å². The summed E-state index contributed by atoms with van der Waals surface area (Å²) in [7, 11) is 0. The van der Waals surface area contributed by atoms with Crippen LogP contribution in [0.25, 0.3) is 0 Å². The summed E-state index contributed by atoms with van der Waals surface area (Å²) in [6.45, 7) is 3.76. The molecule has 2 saturated heterocycles. The highest BCUT2D eigenvalue weighted by molar-refractivity contribution is 5.87. The molecule has 2 aliphatic heterocycles. The molecule has 0 aromatic rings. The van der Waals surface area contributed by atoms with E-state index < -0.39 is 0 Å².